The number of halogens is 1. The Morgan fingerprint density at radius 2 is 2.31 bits per heavy atom. The summed E-state index contributed by atoms with van der Waals surface area (Å²) in [5.74, 6) is -0.0723. The number of ether oxygens (including phenoxy) is 1. The van der Waals surface area contributed by atoms with Gasteiger partial charge in [-0.1, -0.05) is 6.42 Å². The van der Waals surface area contributed by atoms with Crippen molar-refractivity contribution in [2.45, 2.75) is 38.6 Å². The molecule has 13 heavy (non-hydrogen) atoms. The highest BCUT2D eigenvalue weighted by Gasteiger charge is 2.16. The van der Waals surface area contributed by atoms with Crippen molar-refractivity contribution in [3.8, 4) is 0 Å². The van der Waals surface area contributed by atoms with Crippen LogP contribution in [0.25, 0.3) is 0 Å². The Morgan fingerprint density at radius 1 is 1.54 bits per heavy atom. The van der Waals surface area contributed by atoms with Crippen LogP contribution in [0.3, 0.4) is 0 Å². The van der Waals surface area contributed by atoms with E-state index in [4.69, 9.17) is 4.74 Å². The molecule has 78 valence electrons. The molecule has 1 rings (SSSR count). The highest BCUT2D eigenvalue weighted by Crippen LogP contribution is 2.10. The first-order chi connectivity index (χ1) is 5.83. The molecule has 0 radical (unpaired) electrons. The van der Waals surface area contributed by atoms with E-state index < -0.39 is 0 Å². The van der Waals surface area contributed by atoms with Crippen molar-refractivity contribution in [1.29, 1.82) is 0 Å². The Morgan fingerprint density at radius 3 is 2.85 bits per heavy atom. The van der Waals surface area contributed by atoms with Crippen molar-refractivity contribution in [3.05, 3.63) is 0 Å². The number of carbonyl (C=O) groups is 1. The number of rotatable bonds is 3. The molecule has 0 aromatic rings. The molecule has 1 heterocycles. The molecule has 1 unspecified atom stereocenters. The fourth-order valence-corrected chi connectivity index (χ4v) is 1.52. The van der Waals surface area contributed by atoms with Crippen molar-refractivity contribution in [2.24, 2.45) is 0 Å². The second-order valence-electron chi connectivity index (χ2n) is 3.16. The van der Waals surface area contributed by atoms with Crippen molar-refractivity contribution in [1.82, 2.24) is 5.32 Å². The predicted molar refractivity (Wildman–Crippen MR) is 54.1 cm³/mol. The van der Waals surface area contributed by atoms with E-state index in [0.717, 1.165) is 13.0 Å². The maximum atomic E-state index is 11.0. The molecule has 0 bridgehead atoms. The Labute approximate surface area is 85.6 Å². The maximum Gasteiger partial charge on any atom is 0.307 e. The first kappa shape index (κ1) is 12.7. The highest BCUT2D eigenvalue weighted by atomic mass is 35.5. The summed E-state index contributed by atoms with van der Waals surface area (Å²) in [5.41, 5.74) is 0. The van der Waals surface area contributed by atoms with E-state index in [0.29, 0.717) is 19.1 Å². The quantitative estimate of drug-likeness (QED) is 0.713. The summed E-state index contributed by atoms with van der Waals surface area (Å²) in [5, 5.41) is 3.31. The SMILES string of the molecule is CCOC(=O)CC1CCCCN1.Cl. The van der Waals surface area contributed by atoms with Gasteiger partial charge in [-0.3, -0.25) is 4.79 Å². The molecule has 0 aromatic carbocycles. The van der Waals surface area contributed by atoms with Crippen molar-refractivity contribution in [3.63, 3.8) is 0 Å². The third-order valence-electron chi connectivity index (χ3n) is 2.13. The lowest BCUT2D eigenvalue weighted by molar-refractivity contribution is -0.143. The summed E-state index contributed by atoms with van der Waals surface area (Å²) in [6.45, 7) is 3.38. The Bertz CT molecular complexity index is 147. The predicted octanol–water partition coefficient (Wildman–Crippen LogP) is 1.50. The third kappa shape index (κ3) is 5.11. The zero-order valence-corrected chi connectivity index (χ0v) is 8.86. The lowest BCUT2D eigenvalue weighted by atomic mass is 10.0. The Hall–Kier alpha value is -0.280. The summed E-state index contributed by atoms with van der Waals surface area (Å²) in [6, 6.07) is 0.359. The first-order valence-corrected chi connectivity index (χ1v) is 4.72. The average Bonchev–Trinajstić information content (AvgIpc) is 2.06. The van der Waals surface area contributed by atoms with Crippen LogP contribution in [-0.4, -0.2) is 25.2 Å². The van der Waals surface area contributed by atoms with Gasteiger partial charge in [0.05, 0.1) is 13.0 Å². The molecule has 0 amide bonds. The van der Waals surface area contributed by atoms with Gasteiger partial charge in [-0.2, -0.15) is 0 Å². The van der Waals surface area contributed by atoms with Crippen molar-refractivity contribution in [2.75, 3.05) is 13.2 Å². The third-order valence-corrected chi connectivity index (χ3v) is 2.13. The lowest BCUT2D eigenvalue weighted by Gasteiger charge is -2.22. The second-order valence-corrected chi connectivity index (χ2v) is 3.16. The second kappa shape index (κ2) is 7.15. The number of esters is 1. The zero-order valence-electron chi connectivity index (χ0n) is 8.04. The Balaban J connectivity index is 0.00000144. The minimum absolute atomic E-state index is 0. The van der Waals surface area contributed by atoms with Crippen LogP contribution in [0.5, 0.6) is 0 Å². The molecule has 0 aliphatic carbocycles. The van der Waals surface area contributed by atoms with Gasteiger partial charge < -0.3 is 10.1 Å². The van der Waals surface area contributed by atoms with Crippen LogP contribution < -0.4 is 5.32 Å². The van der Waals surface area contributed by atoms with Crippen LogP contribution in [0.15, 0.2) is 0 Å². The van der Waals surface area contributed by atoms with Gasteiger partial charge in [-0.05, 0) is 26.3 Å². The number of hydrogen-bond acceptors (Lipinski definition) is 3. The summed E-state index contributed by atoms with van der Waals surface area (Å²) in [6.07, 6.45) is 4.11. The molecular weight excluding hydrogens is 190 g/mol. The van der Waals surface area contributed by atoms with Gasteiger partial charge in [0, 0.05) is 6.04 Å². The van der Waals surface area contributed by atoms with Gasteiger partial charge in [0.15, 0.2) is 0 Å². The van der Waals surface area contributed by atoms with Crippen LogP contribution >= 0.6 is 12.4 Å². The van der Waals surface area contributed by atoms with Crippen molar-refractivity contribution >= 4 is 18.4 Å². The van der Waals surface area contributed by atoms with Gasteiger partial charge in [0.1, 0.15) is 0 Å². The van der Waals surface area contributed by atoms with Gasteiger partial charge in [-0.25, -0.2) is 0 Å². The number of hydrogen-bond donors (Lipinski definition) is 1. The minimum atomic E-state index is -0.0723. The zero-order chi connectivity index (χ0) is 8.81. The molecular formula is C9H18ClNO2. The standard InChI is InChI=1S/C9H17NO2.ClH/c1-2-12-9(11)7-8-5-3-4-6-10-8;/h8,10H,2-7H2,1H3;1H. The monoisotopic (exact) mass is 207 g/mol. The molecule has 0 spiro atoms. The van der Waals surface area contributed by atoms with Gasteiger partial charge in [0.2, 0.25) is 0 Å². The molecule has 1 atom stereocenters. The normalized spacial score (nSPS) is 21.8. The smallest absolute Gasteiger partial charge is 0.307 e. The fraction of sp³-hybridized carbons (Fsp3) is 0.889. The molecule has 1 N–H and O–H groups in total. The molecule has 0 saturated carbocycles. The fourth-order valence-electron chi connectivity index (χ4n) is 1.52. The van der Waals surface area contributed by atoms with Gasteiger partial charge >= 0.3 is 5.97 Å². The molecule has 3 nitrogen and oxygen atoms in total. The van der Waals surface area contributed by atoms with Crippen LogP contribution in [0, 0.1) is 0 Å². The van der Waals surface area contributed by atoms with Crippen LogP contribution in [0.1, 0.15) is 32.6 Å². The van der Waals surface area contributed by atoms with E-state index >= 15 is 0 Å². The van der Waals surface area contributed by atoms with E-state index in [1.165, 1.54) is 12.8 Å². The van der Waals surface area contributed by atoms with Gasteiger partial charge in [0.25, 0.3) is 0 Å². The van der Waals surface area contributed by atoms with Gasteiger partial charge in [-0.15, -0.1) is 12.4 Å². The summed E-state index contributed by atoms with van der Waals surface area (Å²) >= 11 is 0. The molecule has 1 aliphatic rings. The van der Waals surface area contributed by atoms with E-state index in [1.54, 1.807) is 0 Å². The highest BCUT2D eigenvalue weighted by molar-refractivity contribution is 5.85. The van der Waals surface area contributed by atoms with Crippen LogP contribution in [0.2, 0.25) is 0 Å². The van der Waals surface area contributed by atoms with E-state index in [2.05, 4.69) is 5.32 Å². The van der Waals surface area contributed by atoms with E-state index in [1.807, 2.05) is 6.92 Å². The molecule has 1 aliphatic heterocycles. The minimum Gasteiger partial charge on any atom is -0.466 e. The largest absolute Gasteiger partial charge is 0.466 e. The van der Waals surface area contributed by atoms with Crippen LogP contribution in [-0.2, 0) is 9.53 Å². The first-order valence-electron chi connectivity index (χ1n) is 4.72. The lowest BCUT2D eigenvalue weighted by Crippen LogP contribution is -2.36. The number of carbonyl (C=O) groups excluding carboxylic acids is 1. The summed E-state index contributed by atoms with van der Waals surface area (Å²) in [4.78, 5) is 11.0. The molecule has 1 fully saturated rings. The molecule has 4 heteroatoms. The molecule has 1 saturated heterocycles. The molecule has 0 aromatic heterocycles. The average molecular weight is 208 g/mol. The number of nitrogens with one attached hydrogen (secondary N) is 1. The summed E-state index contributed by atoms with van der Waals surface area (Å²) in [7, 11) is 0. The Kier molecular flexibility index (Phi) is 7.00. The number of piperidine rings is 1. The topological polar surface area (TPSA) is 38.3 Å². The maximum absolute atomic E-state index is 11.0. The van der Waals surface area contributed by atoms with E-state index in [9.17, 15) is 4.79 Å². The van der Waals surface area contributed by atoms with Crippen LogP contribution in [0.4, 0.5) is 0 Å². The van der Waals surface area contributed by atoms with Crippen molar-refractivity contribution < 1.29 is 9.53 Å². The summed E-state index contributed by atoms with van der Waals surface area (Å²) < 4.78 is 4.87. The van der Waals surface area contributed by atoms with E-state index in [-0.39, 0.29) is 18.4 Å².